The third-order valence-electron chi connectivity index (χ3n) is 6.43. The van der Waals surface area contributed by atoms with Gasteiger partial charge >= 0.3 is 5.97 Å². The van der Waals surface area contributed by atoms with Gasteiger partial charge in [0.05, 0.1) is 17.9 Å². The molecule has 2 fully saturated rings. The van der Waals surface area contributed by atoms with Crippen molar-refractivity contribution in [2.24, 2.45) is 5.92 Å². The number of carbonyl (C=O) groups is 1. The minimum atomic E-state index is -0.132. The van der Waals surface area contributed by atoms with Crippen LogP contribution in [0.5, 0.6) is 0 Å². The Labute approximate surface area is 194 Å². The molecule has 2 heterocycles. The second-order valence-corrected chi connectivity index (χ2v) is 10.4. The standard InChI is InChI=1S/C27H30N2O2S/c1-17(2)20-4-8-22(9-5-20)25-15-29-27(32-25)23-10-3-18(11-24(23)21-6-7-21)12-26(30)31-16-19-13-28-14-19/h3-5,8-11,15,17,19,21,28H,6-7,12-14,16H2,1-2H3. The van der Waals surface area contributed by atoms with E-state index in [1.54, 1.807) is 11.3 Å². The lowest BCUT2D eigenvalue weighted by atomic mass is 9.99. The molecule has 5 heteroatoms. The summed E-state index contributed by atoms with van der Waals surface area (Å²) in [7, 11) is 0. The molecule has 0 atom stereocenters. The Balaban J connectivity index is 1.33. The number of benzene rings is 2. The third-order valence-corrected chi connectivity index (χ3v) is 7.51. The number of esters is 1. The fourth-order valence-corrected chi connectivity index (χ4v) is 5.08. The summed E-state index contributed by atoms with van der Waals surface area (Å²) in [6, 6.07) is 15.2. The van der Waals surface area contributed by atoms with Crippen LogP contribution in [-0.4, -0.2) is 30.6 Å². The van der Waals surface area contributed by atoms with Crippen molar-refractivity contribution in [1.29, 1.82) is 0 Å². The Bertz CT molecular complexity index is 1100. The number of nitrogens with one attached hydrogen (secondary N) is 1. The maximum atomic E-state index is 12.3. The zero-order valence-corrected chi connectivity index (χ0v) is 19.6. The van der Waals surface area contributed by atoms with Gasteiger partial charge in [0.25, 0.3) is 0 Å². The topological polar surface area (TPSA) is 51.2 Å². The van der Waals surface area contributed by atoms with Crippen LogP contribution in [-0.2, 0) is 16.0 Å². The monoisotopic (exact) mass is 446 g/mol. The Morgan fingerprint density at radius 2 is 1.94 bits per heavy atom. The van der Waals surface area contributed by atoms with E-state index in [-0.39, 0.29) is 5.97 Å². The molecule has 1 saturated heterocycles. The molecule has 1 aliphatic heterocycles. The van der Waals surface area contributed by atoms with Gasteiger partial charge < -0.3 is 10.1 Å². The van der Waals surface area contributed by atoms with Crippen molar-refractivity contribution >= 4 is 17.3 Å². The second kappa shape index (κ2) is 9.16. The van der Waals surface area contributed by atoms with Gasteiger partial charge in [-0.1, -0.05) is 56.3 Å². The minimum absolute atomic E-state index is 0.132. The summed E-state index contributed by atoms with van der Waals surface area (Å²) in [5.41, 5.74) is 6.14. The molecule has 0 bridgehead atoms. The van der Waals surface area contributed by atoms with Gasteiger partial charge in [-0.15, -0.1) is 11.3 Å². The summed E-state index contributed by atoms with van der Waals surface area (Å²) in [6.07, 6.45) is 4.75. The van der Waals surface area contributed by atoms with Crippen molar-refractivity contribution < 1.29 is 9.53 Å². The minimum Gasteiger partial charge on any atom is -0.465 e. The maximum Gasteiger partial charge on any atom is 0.310 e. The van der Waals surface area contributed by atoms with E-state index in [1.807, 2.05) is 6.20 Å². The number of hydrogen-bond acceptors (Lipinski definition) is 5. The molecule has 0 radical (unpaired) electrons. The van der Waals surface area contributed by atoms with Gasteiger partial charge in [-0.2, -0.15) is 0 Å². The first-order valence-electron chi connectivity index (χ1n) is 11.6. The smallest absolute Gasteiger partial charge is 0.310 e. The largest absolute Gasteiger partial charge is 0.465 e. The number of ether oxygens (including phenoxy) is 1. The zero-order chi connectivity index (χ0) is 22.1. The first-order valence-corrected chi connectivity index (χ1v) is 12.4. The van der Waals surface area contributed by atoms with Crippen molar-refractivity contribution in [3.05, 3.63) is 65.4 Å². The van der Waals surface area contributed by atoms with Crippen LogP contribution in [0.1, 0.15) is 55.2 Å². The second-order valence-electron chi connectivity index (χ2n) is 9.39. The summed E-state index contributed by atoms with van der Waals surface area (Å²) < 4.78 is 5.47. The van der Waals surface area contributed by atoms with Crippen molar-refractivity contribution in [3.63, 3.8) is 0 Å². The Hall–Kier alpha value is -2.50. The first-order chi connectivity index (χ1) is 15.6. The van der Waals surface area contributed by atoms with E-state index in [9.17, 15) is 4.79 Å². The molecule has 32 heavy (non-hydrogen) atoms. The van der Waals surface area contributed by atoms with Crippen molar-refractivity contribution in [2.45, 2.75) is 44.9 Å². The normalized spacial score (nSPS) is 16.2. The summed E-state index contributed by atoms with van der Waals surface area (Å²) in [5, 5.41) is 4.26. The highest BCUT2D eigenvalue weighted by molar-refractivity contribution is 7.18. The van der Waals surface area contributed by atoms with E-state index in [0.29, 0.717) is 30.8 Å². The van der Waals surface area contributed by atoms with Gasteiger partial charge in [0.1, 0.15) is 5.01 Å². The van der Waals surface area contributed by atoms with E-state index in [1.165, 1.54) is 40.0 Å². The Morgan fingerprint density at radius 1 is 1.16 bits per heavy atom. The molecule has 1 aromatic heterocycles. The molecule has 1 N–H and O–H groups in total. The van der Waals surface area contributed by atoms with E-state index < -0.39 is 0 Å². The van der Waals surface area contributed by atoms with Gasteiger partial charge in [-0.3, -0.25) is 4.79 Å². The van der Waals surface area contributed by atoms with Gasteiger partial charge in [0, 0.05) is 30.8 Å². The molecule has 1 aliphatic carbocycles. The predicted octanol–water partition coefficient (Wildman–Crippen LogP) is 5.78. The molecule has 5 rings (SSSR count). The quantitative estimate of drug-likeness (QED) is 0.446. The lowest BCUT2D eigenvalue weighted by molar-refractivity contribution is -0.144. The van der Waals surface area contributed by atoms with Gasteiger partial charge in [-0.05, 0) is 46.9 Å². The van der Waals surface area contributed by atoms with Gasteiger partial charge in [0.2, 0.25) is 0 Å². The van der Waals surface area contributed by atoms with Crippen LogP contribution in [0.4, 0.5) is 0 Å². The number of aromatic nitrogens is 1. The molecule has 3 aromatic rings. The van der Waals surface area contributed by atoms with E-state index >= 15 is 0 Å². The average molecular weight is 447 g/mol. The van der Waals surface area contributed by atoms with Crippen LogP contribution >= 0.6 is 11.3 Å². The molecule has 0 amide bonds. The highest BCUT2D eigenvalue weighted by Gasteiger charge is 2.28. The Morgan fingerprint density at radius 3 is 2.59 bits per heavy atom. The molecule has 1 saturated carbocycles. The van der Waals surface area contributed by atoms with Crippen LogP contribution in [0.2, 0.25) is 0 Å². The highest BCUT2D eigenvalue weighted by atomic mass is 32.1. The molecule has 0 spiro atoms. The van der Waals surface area contributed by atoms with E-state index in [4.69, 9.17) is 9.72 Å². The van der Waals surface area contributed by atoms with Crippen molar-refractivity contribution in [2.75, 3.05) is 19.7 Å². The maximum absolute atomic E-state index is 12.3. The lowest BCUT2D eigenvalue weighted by Crippen LogP contribution is -2.44. The zero-order valence-electron chi connectivity index (χ0n) is 18.8. The van der Waals surface area contributed by atoms with Crippen LogP contribution in [0.15, 0.2) is 48.7 Å². The van der Waals surface area contributed by atoms with Gasteiger partial charge in [-0.25, -0.2) is 4.98 Å². The average Bonchev–Trinajstić information content (AvgIpc) is 3.49. The molecule has 0 unspecified atom stereocenters. The van der Waals surface area contributed by atoms with Crippen LogP contribution in [0.3, 0.4) is 0 Å². The summed E-state index contributed by atoms with van der Waals surface area (Å²) in [4.78, 5) is 18.2. The highest BCUT2D eigenvalue weighted by Crippen LogP contribution is 2.46. The Kier molecular flexibility index (Phi) is 6.11. The molecular weight excluding hydrogens is 416 g/mol. The predicted molar refractivity (Wildman–Crippen MR) is 130 cm³/mol. The molecule has 2 aromatic carbocycles. The van der Waals surface area contributed by atoms with Gasteiger partial charge in [0.15, 0.2) is 0 Å². The fourth-order valence-electron chi connectivity index (χ4n) is 4.11. The van der Waals surface area contributed by atoms with Crippen molar-refractivity contribution in [1.82, 2.24) is 10.3 Å². The summed E-state index contributed by atoms with van der Waals surface area (Å²) in [5.74, 6) is 1.46. The molecule has 4 nitrogen and oxygen atoms in total. The molecular formula is C27H30N2O2S. The number of rotatable bonds is 8. The molecule has 166 valence electrons. The summed E-state index contributed by atoms with van der Waals surface area (Å²) in [6.45, 7) is 6.86. The van der Waals surface area contributed by atoms with Crippen molar-refractivity contribution in [3.8, 4) is 21.0 Å². The lowest BCUT2D eigenvalue weighted by Gasteiger charge is -2.26. The number of hydrogen-bond donors (Lipinski definition) is 1. The number of nitrogens with zero attached hydrogens (tertiary/aromatic N) is 1. The third kappa shape index (κ3) is 4.79. The fraction of sp³-hybridized carbons (Fsp3) is 0.407. The van der Waals surface area contributed by atoms with E-state index in [2.05, 4.69) is 61.6 Å². The summed E-state index contributed by atoms with van der Waals surface area (Å²) >= 11 is 1.74. The van der Waals surface area contributed by atoms with Crippen LogP contribution in [0.25, 0.3) is 21.0 Å². The number of carbonyl (C=O) groups excluding carboxylic acids is 1. The van der Waals surface area contributed by atoms with Crippen LogP contribution in [0, 0.1) is 5.92 Å². The van der Waals surface area contributed by atoms with E-state index in [0.717, 1.165) is 23.7 Å². The van der Waals surface area contributed by atoms with Crippen LogP contribution < -0.4 is 5.32 Å². The SMILES string of the molecule is CC(C)c1ccc(-c2cnc(-c3ccc(CC(=O)OCC4CNC4)cc3C3CC3)s2)cc1. The molecule has 2 aliphatic rings. The first kappa shape index (κ1) is 21.4. The number of thiazole rings is 1.